The first-order valence-electron chi connectivity index (χ1n) is 9.46. The molecule has 3 aromatic rings. The van der Waals surface area contributed by atoms with Crippen molar-refractivity contribution in [2.75, 3.05) is 24.8 Å². The second-order valence-corrected chi connectivity index (χ2v) is 9.03. The van der Waals surface area contributed by atoms with Crippen molar-refractivity contribution in [1.82, 2.24) is 4.57 Å². The van der Waals surface area contributed by atoms with E-state index in [1.54, 1.807) is 42.5 Å². The standard InChI is InChI=1S/C22H24N2O6S/c1-14-10-11-20(29-3)19(12-14)24(31(5,27)28)15(2)21(25)23-13-17(22(26)30-4)16-8-6-7-9-18(16)23/h6-13,15H,1-5H3/t15-/m0/s1. The van der Waals surface area contributed by atoms with E-state index in [9.17, 15) is 18.0 Å². The Morgan fingerprint density at radius 1 is 1.10 bits per heavy atom. The molecule has 1 heterocycles. The fourth-order valence-electron chi connectivity index (χ4n) is 3.58. The van der Waals surface area contributed by atoms with E-state index in [-0.39, 0.29) is 11.3 Å². The van der Waals surface area contributed by atoms with Gasteiger partial charge in [0.2, 0.25) is 10.0 Å². The number of carbonyl (C=O) groups excluding carboxylic acids is 2. The Bertz CT molecular complexity index is 1260. The first-order valence-corrected chi connectivity index (χ1v) is 11.3. The van der Waals surface area contributed by atoms with Crippen LogP contribution in [0.4, 0.5) is 5.69 Å². The molecule has 1 aromatic heterocycles. The third-order valence-corrected chi connectivity index (χ3v) is 6.22. The fourth-order valence-corrected chi connectivity index (χ4v) is 4.75. The van der Waals surface area contributed by atoms with Crippen LogP contribution in [0.2, 0.25) is 0 Å². The van der Waals surface area contributed by atoms with Crippen LogP contribution in [0.5, 0.6) is 5.75 Å². The van der Waals surface area contributed by atoms with Gasteiger partial charge in [-0.3, -0.25) is 13.7 Å². The van der Waals surface area contributed by atoms with Crippen LogP contribution < -0.4 is 9.04 Å². The Balaban J connectivity index is 2.17. The minimum atomic E-state index is -3.86. The lowest BCUT2D eigenvalue weighted by atomic mass is 10.2. The summed E-state index contributed by atoms with van der Waals surface area (Å²) in [5.41, 5.74) is 1.76. The molecule has 0 aliphatic heterocycles. The van der Waals surface area contributed by atoms with Gasteiger partial charge in [0.05, 0.1) is 37.2 Å². The lowest BCUT2D eigenvalue weighted by molar-refractivity contribution is 0.0603. The van der Waals surface area contributed by atoms with Gasteiger partial charge in [0, 0.05) is 11.6 Å². The van der Waals surface area contributed by atoms with Crippen LogP contribution in [0.1, 0.15) is 27.6 Å². The lowest BCUT2D eigenvalue weighted by Gasteiger charge is -2.29. The number of rotatable bonds is 6. The van der Waals surface area contributed by atoms with Crippen molar-refractivity contribution in [3.05, 3.63) is 59.8 Å². The van der Waals surface area contributed by atoms with Crippen molar-refractivity contribution in [1.29, 1.82) is 0 Å². The average molecular weight is 445 g/mol. The molecular weight excluding hydrogens is 420 g/mol. The molecule has 8 nitrogen and oxygen atoms in total. The molecule has 3 rings (SSSR count). The highest BCUT2D eigenvalue weighted by Gasteiger charge is 2.33. The van der Waals surface area contributed by atoms with Crippen molar-refractivity contribution >= 4 is 38.5 Å². The van der Waals surface area contributed by atoms with Crippen LogP contribution in [0, 0.1) is 6.92 Å². The first kappa shape index (κ1) is 22.4. The molecule has 0 unspecified atom stereocenters. The van der Waals surface area contributed by atoms with Crippen LogP contribution in [0.3, 0.4) is 0 Å². The van der Waals surface area contributed by atoms with E-state index in [0.717, 1.165) is 16.1 Å². The minimum Gasteiger partial charge on any atom is -0.495 e. The van der Waals surface area contributed by atoms with Gasteiger partial charge >= 0.3 is 5.97 Å². The van der Waals surface area contributed by atoms with Gasteiger partial charge in [0.25, 0.3) is 5.91 Å². The van der Waals surface area contributed by atoms with E-state index in [4.69, 9.17) is 9.47 Å². The summed E-state index contributed by atoms with van der Waals surface area (Å²) >= 11 is 0. The molecule has 31 heavy (non-hydrogen) atoms. The third kappa shape index (κ3) is 4.13. The van der Waals surface area contributed by atoms with E-state index in [1.165, 1.54) is 31.9 Å². The largest absolute Gasteiger partial charge is 0.495 e. The predicted octanol–water partition coefficient (Wildman–Crippen LogP) is 3.24. The number of benzene rings is 2. The topological polar surface area (TPSA) is 94.9 Å². The van der Waals surface area contributed by atoms with Crippen LogP contribution in [0.25, 0.3) is 10.9 Å². The Kier molecular flexibility index (Phi) is 6.08. The number of ether oxygens (including phenoxy) is 2. The van der Waals surface area contributed by atoms with Gasteiger partial charge in [-0.2, -0.15) is 0 Å². The molecule has 0 N–H and O–H groups in total. The molecule has 0 fully saturated rings. The number of esters is 1. The maximum atomic E-state index is 13.5. The number of para-hydroxylation sites is 1. The third-order valence-electron chi connectivity index (χ3n) is 4.99. The van der Waals surface area contributed by atoms with Crippen LogP contribution in [-0.4, -0.2) is 51.4 Å². The number of carbonyl (C=O) groups is 2. The molecule has 0 aliphatic carbocycles. The van der Waals surface area contributed by atoms with Crippen molar-refractivity contribution in [3.8, 4) is 5.75 Å². The highest BCUT2D eigenvalue weighted by Crippen LogP contribution is 2.33. The van der Waals surface area contributed by atoms with Gasteiger partial charge in [0.15, 0.2) is 0 Å². The van der Waals surface area contributed by atoms with Crippen molar-refractivity contribution < 1.29 is 27.5 Å². The van der Waals surface area contributed by atoms with Gasteiger partial charge < -0.3 is 9.47 Å². The number of hydrogen-bond acceptors (Lipinski definition) is 6. The maximum Gasteiger partial charge on any atom is 0.340 e. The summed E-state index contributed by atoms with van der Waals surface area (Å²) in [7, 11) is -1.17. The Hall–Kier alpha value is -3.33. The van der Waals surface area contributed by atoms with Crippen LogP contribution >= 0.6 is 0 Å². The highest BCUT2D eigenvalue weighted by atomic mass is 32.2. The van der Waals surface area contributed by atoms with Gasteiger partial charge in [-0.25, -0.2) is 13.2 Å². The first-order chi connectivity index (χ1) is 14.6. The van der Waals surface area contributed by atoms with E-state index >= 15 is 0 Å². The van der Waals surface area contributed by atoms with Crippen molar-refractivity contribution in [2.45, 2.75) is 19.9 Å². The van der Waals surface area contributed by atoms with E-state index < -0.39 is 27.9 Å². The molecule has 0 spiro atoms. The molecule has 2 aromatic carbocycles. The van der Waals surface area contributed by atoms with Gasteiger partial charge in [-0.15, -0.1) is 0 Å². The molecule has 0 saturated heterocycles. The monoisotopic (exact) mass is 444 g/mol. The normalized spacial score (nSPS) is 12.4. The van der Waals surface area contributed by atoms with Crippen LogP contribution in [-0.2, 0) is 14.8 Å². The number of nitrogens with zero attached hydrogens (tertiary/aromatic N) is 2. The second-order valence-electron chi connectivity index (χ2n) is 7.17. The Labute approximate surface area is 181 Å². The van der Waals surface area contributed by atoms with Crippen LogP contribution in [0.15, 0.2) is 48.7 Å². The number of sulfonamides is 1. The Morgan fingerprint density at radius 3 is 2.39 bits per heavy atom. The van der Waals surface area contributed by atoms with Crippen molar-refractivity contribution in [3.63, 3.8) is 0 Å². The summed E-state index contributed by atoms with van der Waals surface area (Å²) in [6.45, 7) is 3.32. The van der Waals surface area contributed by atoms with Gasteiger partial charge in [-0.05, 0) is 37.6 Å². The second kappa shape index (κ2) is 8.43. The number of methoxy groups -OCH3 is 2. The SMILES string of the molecule is COC(=O)c1cn(C(=O)[C@H](C)N(c2cc(C)ccc2OC)S(C)(=O)=O)c2ccccc12. The molecular formula is C22H24N2O6S. The Morgan fingerprint density at radius 2 is 1.77 bits per heavy atom. The maximum absolute atomic E-state index is 13.5. The molecule has 164 valence electrons. The number of hydrogen-bond donors (Lipinski definition) is 0. The summed E-state index contributed by atoms with van der Waals surface area (Å²) in [5.74, 6) is -0.792. The average Bonchev–Trinajstić information content (AvgIpc) is 3.11. The van der Waals surface area contributed by atoms with Gasteiger partial charge in [-0.1, -0.05) is 24.3 Å². The fraction of sp³-hybridized carbons (Fsp3) is 0.273. The number of fused-ring (bicyclic) bond motifs is 1. The zero-order valence-corrected chi connectivity index (χ0v) is 18.8. The zero-order valence-electron chi connectivity index (χ0n) is 17.9. The summed E-state index contributed by atoms with van der Waals surface area (Å²) in [6.07, 6.45) is 2.41. The quantitative estimate of drug-likeness (QED) is 0.542. The summed E-state index contributed by atoms with van der Waals surface area (Å²) < 4.78 is 38.0. The zero-order chi connectivity index (χ0) is 22.9. The number of aryl methyl sites for hydroxylation is 1. The molecule has 0 radical (unpaired) electrons. The van der Waals surface area contributed by atoms with Crippen molar-refractivity contribution in [2.24, 2.45) is 0 Å². The minimum absolute atomic E-state index is 0.220. The van der Waals surface area contributed by atoms with E-state index in [2.05, 4.69) is 0 Å². The highest BCUT2D eigenvalue weighted by molar-refractivity contribution is 7.92. The molecule has 9 heteroatoms. The molecule has 0 aliphatic rings. The molecule has 0 saturated carbocycles. The summed E-state index contributed by atoms with van der Waals surface area (Å²) in [4.78, 5) is 25.7. The van der Waals surface area contributed by atoms with E-state index in [0.29, 0.717) is 16.7 Å². The number of anilines is 1. The van der Waals surface area contributed by atoms with Gasteiger partial charge in [0.1, 0.15) is 11.8 Å². The predicted molar refractivity (Wildman–Crippen MR) is 118 cm³/mol. The lowest BCUT2D eigenvalue weighted by Crippen LogP contribution is -2.45. The summed E-state index contributed by atoms with van der Waals surface area (Å²) in [6, 6.07) is 10.8. The smallest absolute Gasteiger partial charge is 0.340 e. The molecule has 1 atom stereocenters. The molecule has 0 amide bonds. The van der Waals surface area contributed by atoms with E-state index in [1.807, 2.05) is 6.92 Å². The number of aromatic nitrogens is 1. The summed E-state index contributed by atoms with van der Waals surface area (Å²) in [5, 5.41) is 0.536. The molecule has 0 bridgehead atoms.